The molecule has 1 N–H and O–H groups in total. The van der Waals surface area contributed by atoms with E-state index < -0.39 is 0 Å². The number of nitrogens with one attached hydrogen (secondary N) is 1. The van der Waals surface area contributed by atoms with Crippen LogP contribution in [0.1, 0.15) is 48.1 Å². The van der Waals surface area contributed by atoms with Crippen molar-refractivity contribution in [2.45, 2.75) is 63.6 Å². The molecule has 158 valence electrons. The molecule has 1 atom stereocenters. The quantitative estimate of drug-likeness (QED) is 0.520. The molecule has 1 unspecified atom stereocenters. The van der Waals surface area contributed by atoms with Crippen LogP contribution in [0.15, 0.2) is 47.7 Å². The minimum absolute atomic E-state index is 0.0811. The Bertz CT molecular complexity index is 1310. The number of aromatic nitrogens is 3. The van der Waals surface area contributed by atoms with Crippen LogP contribution < -0.4 is 10.9 Å². The lowest BCUT2D eigenvalue weighted by Crippen LogP contribution is -2.40. The zero-order valence-electron chi connectivity index (χ0n) is 17.5. The van der Waals surface area contributed by atoms with Gasteiger partial charge in [0, 0.05) is 28.5 Å². The predicted molar refractivity (Wildman–Crippen MR) is 126 cm³/mol. The second-order valence-corrected chi connectivity index (χ2v) is 10.0. The Hall–Kier alpha value is -2.57. The van der Waals surface area contributed by atoms with Gasteiger partial charge in [-0.1, -0.05) is 37.1 Å². The molecule has 0 spiro atoms. The second kappa shape index (κ2) is 7.84. The maximum atomic E-state index is 13.5. The Kier molecular flexibility index (Phi) is 4.84. The molecule has 1 fully saturated rings. The molecular formula is C25H26N4OS. The third kappa shape index (κ3) is 3.48. The third-order valence-electron chi connectivity index (χ3n) is 6.92. The Morgan fingerprint density at radius 1 is 1.06 bits per heavy atom. The number of aryl methyl sites for hydroxylation is 1. The third-order valence-corrected chi connectivity index (χ3v) is 8.08. The van der Waals surface area contributed by atoms with Gasteiger partial charge in [0.2, 0.25) is 0 Å². The minimum Gasteiger partial charge on any atom is -0.311 e. The van der Waals surface area contributed by atoms with Gasteiger partial charge in [0.25, 0.3) is 5.56 Å². The smallest absolute Gasteiger partial charge is 0.262 e. The molecule has 2 aliphatic carbocycles. The molecule has 31 heavy (non-hydrogen) atoms. The van der Waals surface area contributed by atoms with Crippen molar-refractivity contribution in [3.8, 4) is 0 Å². The molecule has 6 rings (SSSR count). The van der Waals surface area contributed by atoms with Crippen molar-refractivity contribution in [1.29, 1.82) is 0 Å². The summed E-state index contributed by atoms with van der Waals surface area (Å²) in [6.45, 7) is 0.493. The van der Waals surface area contributed by atoms with Crippen LogP contribution in [-0.4, -0.2) is 26.6 Å². The standard InChI is InChI=1S/C25H26N4OS/c30-25-22-20-11-10-19(28-18-8-1-2-9-18)13-21(20)31-24(22)27-15-29(25)14-17-6-3-5-16-7-4-12-26-23(16)17/h3-7,12,15,18-19,28H,1-2,8-11,13-14H2. The first-order valence-electron chi connectivity index (χ1n) is 11.3. The fourth-order valence-corrected chi connectivity index (χ4v) is 6.62. The van der Waals surface area contributed by atoms with E-state index in [1.54, 1.807) is 28.4 Å². The minimum atomic E-state index is 0.0811. The summed E-state index contributed by atoms with van der Waals surface area (Å²) >= 11 is 1.72. The maximum absolute atomic E-state index is 13.5. The zero-order valence-corrected chi connectivity index (χ0v) is 18.3. The van der Waals surface area contributed by atoms with Gasteiger partial charge in [0.15, 0.2) is 0 Å². The van der Waals surface area contributed by atoms with E-state index in [4.69, 9.17) is 4.98 Å². The lowest BCUT2D eigenvalue weighted by Gasteiger charge is -2.26. The number of rotatable bonds is 4. The van der Waals surface area contributed by atoms with Gasteiger partial charge in [-0.15, -0.1) is 11.3 Å². The van der Waals surface area contributed by atoms with E-state index in [2.05, 4.69) is 22.4 Å². The largest absolute Gasteiger partial charge is 0.311 e. The van der Waals surface area contributed by atoms with E-state index in [0.717, 1.165) is 45.9 Å². The molecule has 5 nitrogen and oxygen atoms in total. The van der Waals surface area contributed by atoms with E-state index in [1.165, 1.54) is 36.1 Å². The number of fused-ring (bicyclic) bond motifs is 4. The highest BCUT2D eigenvalue weighted by Gasteiger charge is 2.27. The summed E-state index contributed by atoms with van der Waals surface area (Å²) in [6.07, 6.45) is 12.0. The van der Waals surface area contributed by atoms with Crippen molar-refractivity contribution in [3.63, 3.8) is 0 Å². The lowest BCUT2D eigenvalue weighted by atomic mass is 9.92. The number of thiophene rings is 1. The maximum Gasteiger partial charge on any atom is 0.262 e. The van der Waals surface area contributed by atoms with Crippen molar-refractivity contribution in [1.82, 2.24) is 19.9 Å². The van der Waals surface area contributed by atoms with Crippen LogP contribution in [0.3, 0.4) is 0 Å². The lowest BCUT2D eigenvalue weighted by molar-refractivity contribution is 0.399. The first kappa shape index (κ1) is 19.1. The summed E-state index contributed by atoms with van der Waals surface area (Å²) in [5, 5.41) is 5.81. The van der Waals surface area contributed by atoms with Crippen LogP contribution in [-0.2, 0) is 19.4 Å². The SMILES string of the molecule is O=c1c2c3c(sc2ncn1Cc1cccc2cccnc12)CC(NC1CCCC1)CC3. The predicted octanol–water partition coefficient (Wildman–Crippen LogP) is 4.44. The summed E-state index contributed by atoms with van der Waals surface area (Å²) in [5.41, 5.74) is 3.32. The Labute approximate surface area is 185 Å². The van der Waals surface area contributed by atoms with Crippen LogP contribution in [0.2, 0.25) is 0 Å². The van der Waals surface area contributed by atoms with Gasteiger partial charge in [-0.3, -0.25) is 14.3 Å². The molecule has 3 aromatic heterocycles. The normalized spacial score (nSPS) is 19.3. The zero-order chi connectivity index (χ0) is 20.8. The van der Waals surface area contributed by atoms with E-state index in [-0.39, 0.29) is 5.56 Å². The van der Waals surface area contributed by atoms with Gasteiger partial charge in [-0.25, -0.2) is 4.98 Å². The van der Waals surface area contributed by atoms with E-state index in [0.29, 0.717) is 18.6 Å². The van der Waals surface area contributed by atoms with Gasteiger partial charge in [0.1, 0.15) is 4.83 Å². The Morgan fingerprint density at radius 3 is 2.84 bits per heavy atom. The first-order valence-corrected chi connectivity index (χ1v) is 12.2. The van der Waals surface area contributed by atoms with Crippen LogP contribution in [0, 0.1) is 0 Å². The first-order chi connectivity index (χ1) is 15.3. The van der Waals surface area contributed by atoms with Gasteiger partial charge >= 0.3 is 0 Å². The molecule has 0 radical (unpaired) electrons. The molecule has 2 aliphatic rings. The monoisotopic (exact) mass is 430 g/mol. The average molecular weight is 431 g/mol. The summed E-state index contributed by atoms with van der Waals surface area (Å²) in [6, 6.07) is 11.4. The van der Waals surface area contributed by atoms with E-state index >= 15 is 0 Å². The fourth-order valence-electron chi connectivity index (χ4n) is 5.36. The summed E-state index contributed by atoms with van der Waals surface area (Å²) in [4.78, 5) is 24.9. The van der Waals surface area contributed by atoms with Crippen LogP contribution >= 0.6 is 11.3 Å². The molecule has 4 aromatic rings. The highest BCUT2D eigenvalue weighted by molar-refractivity contribution is 7.18. The number of pyridine rings is 1. The van der Waals surface area contributed by atoms with Gasteiger partial charge in [-0.2, -0.15) is 0 Å². The number of nitrogens with zero attached hydrogens (tertiary/aromatic N) is 3. The van der Waals surface area contributed by atoms with Crippen LogP contribution in [0.4, 0.5) is 0 Å². The van der Waals surface area contributed by atoms with Gasteiger partial charge in [0.05, 0.1) is 23.8 Å². The molecule has 0 saturated heterocycles. The summed E-state index contributed by atoms with van der Waals surface area (Å²) < 4.78 is 1.75. The topological polar surface area (TPSA) is 59.8 Å². The number of hydrogen-bond donors (Lipinski definition) is 1. The molecule has 6 heteroatoms. The van der Waals surface area contributed by atoms with E-state index in [1.807, 2.05) is 18.2 Å². The van der Waals surface area contributed by atoms with Crippen molar-refractivity contribution in [2.75, 3.05) is 0 Å². The second-order valence-electron chi connectivity index (χ2n) is 8.94. The van der Waals surface area contributed by atoms with Crippen LogP contribution in [0.25, 0.3) is 21.1 Å². The molecule has 3 heterocycles. The highest BCUT2D eigenvalue weighted by Crippen LogP contribution is 2.34. The van der Waals surface area contributed by atoms with Crippen molar-refractivity contribution < 1.29 is 0 Å². The van der Waals surface area contributed by atoms with Crippen molar-refractivity contribution >= 4 is 32.5 Å². The molecular weight excluding hydrogens is 404 g/mol. The Balaban J connectivity index is 1.33. The Morgan fingerprint density at radius 2 is 1.94 bits per heavy atom. The van der Waals surface area contributed by atoms with Crippen LogP contribution in [0.5, 0.6) is 0 Å². The molecule has 0 amide bonds. The number of para-hydroxylation sites is 1. The average Bonchev–Trinajstić information content (AvgIpc) is 3.43. The van der Waals surface area contributed by atoms with Crippen molar-refractivity contribution in [3.05, 3.63) is 69.2 Å². The number of hydrogen-bond acceptors (Lipinski definition) is 5. The van der Waals surface area contributed by atoms with Gasteiger partial charge < -0.3 is 5.32 Å². The molecule has 0 bridgehead atoms. The molecule has 1 aromatic carbocycles. The van der Waals surface area contributed by atoms with Gasteiger partial charge in [-0.05, 0) is 49.3 Å². The summed E-state index contributed by atoms with van der Waals surface area (Å²) in [7, 11) is 0. The van der Waals surface area contributed by atoms with Crippen molar-refractivity contribution in [2.24, 2.45) is 0 Å². The van der Waals surface area contributed by atoms with E-state index in [9.17, 15) is 4.79 Å². The summed E-state index contributed by atoms with van der Waals surface area (Å²) in [5.74, 6) is 0. The highest BCUT2D eigenvalue weighted by atomic mass is 32.1. The number of benzene rings is 1. The molecule has 1 saturated carbocycles. The fraction of sp³-hybridized carbons (Fsp3) is 0.400. The molecule has 0 aliphatic heterocycles.